The van der Waals surface area contributed by atoms with Crippen LogP contribution in [0.4, 0.5) is 11.4 Å². The zero-order valence-electron chi connectivity index (χ0n) is 11.2. The Kier molecular flexibility index (Phi) is 3.45. The number of nitrogens with two attached hydrogens (primary N) is 1. The first kappa shape index (κ1) is 12.7. The maximum Gasteiger partial charge on any atom is 0.253 e. The van der Waals surface area contributed by atoms with Gasteiger partial charge in [-0.25, -0.2) is 0 Å². The van der Waals surface area contributed by atoms with Gasteiger partial charge in [0.15, 0.2) is 0 Å². The molecule has 1 aliphatic rings. The fraction of sp³-hybridized carbons (Fsp3) is 0.500. The van der Waals surface area contributed by atoms with Crippen molar-refractivity contribution in [2.45, 2.75) is 13.3 Å². The first-order valence-corrected chi connectivity index (χ1v) is 6.34. The molecule has 2 atom stereocenters. The number of nitrogen functional groups attached to an aromatic ring is 1. The second-order valence-electron chi connectivity index (χ2n) is 5.36. The van der Waals surface area contributed by atoms with Gasteiger partial charge in [-0.3, -0.25) is 4.79 Å². The van der Waals surface area contributed by atoms with E-state index in [1.165, 1.54) is 6.42 Å². The summed E-state index contributed by atoms with van der Waals surface area (Å²) in [5, 5.41) is 3.35. The molecule has 4 heteroatoms. The van der Waals surface area contributed by atoms with Gasteiger partial charge in [0.1, 0.15) is 0 Å². The summed E-state index contributed by atoms with van der Waals surface area (Å²) in [5.74, 6) is 1.57. The summed E-state index contributed by atoms with van der Waals surface area (Å²) in [5.41, 5.74) is 8.15. The minimum absolute atomic E-state index is 0.0240. The lowest BCUT2D eigenvalue weighted by atomic mass is 10.1. The second kappa shape index (κ2) is 4.88. The topological polar surface area (TPSA) is 58.4 Å². The lowest BCUT2D eigenvalue weighted by Gasteiger charge is -2.13. The summed E-state index contributed by atoms with van der Waals surface area (Å²) in [6, 6.07) is 5.44. The van der Waals surface area contributed by atoms with Gasteiger partial charge in [0.05, 0.1) is 11.4 Å². The number of amides is 1. The van der Waals surface area contributed by atoms with Gasteiger partial charge in [0.25, 0.3) is 5.91 Å². The summed E-state index contributed by atoms with van der Waals surface area (Å²) < 4.78 is 0. The molecule has 0 heterocycles. The Bertz CT molecular complexity index is 456. The fourth-order valence-electron chi connectivity index (χ4n) is 2.04. The molecule has 1 aromatic rings. The molecular formula is C14H21N3O. The van der Waals surface area contributed by atoms with Crippen LogP contribution >= 0.6 is 0 Å². The van der Waals surface area contributed by atoms with Crippen LogP contribution in [0.15, 0.2) is 18.2 Å². The van der Waals surface area contributed by atoms with Crippen molar-refractivity contribution in [2.75, 3.05) is 31.7 Å². The van der Waals surface area contributed by atoms with Gasteiger partial charge in [-0.2, -0.15) is 0 Å². The Balaban J connectivity index is 2.02. The summed E-state index contributed by atoms with van der Waals surface area (Å²) >= 11 is 0. The predicted octanol–water partition coefficient (Wildman–Crippen LogP) is 2.04. The SMILES string of the molecule is CC1CC1CNc1ccc(C(=O)N(C)C)cc1N. The van der Waals surface area contributed by atoms with E-state index < -0.39 is 0 Å². The molecule has 1 aliphatic carbocycles. The van der Waals surface area contributed by atoms with Gasteiger partial charge in [0, 0.05) is 26.2 Å². The predicted molar refractivity (Wildman–Crippen MR) is 74.6 cm³/mol. The van der Waals surface area contributed by atoms with Crippen molar-refractivity contribution in [3.8, 4) is 0 Å². The highest BCUT2D eigenvalue weighted by Crippen LogP contribution is 2.37. The number of carbonyl (C=O) groups excluding carboxylic acids is 1. The van der Waals surface area contributed by atoms with E-state index in [9.17, 15) is 4.79 Å². The average Bonchev–Trinajstić information content (AvgIpc) is 3.02. The third-order valence-corrected chi connectivity index (χ3v) is 3.54. The van der Waals surface area contributed by atoms with E-state index in [2.05, 4.69) is 12.2 Å². The molecule has 0 spiro atoms. The maximum atomic E-state index is 11.8. The molecule has 1 amide bonds. The largest absolute Gasteiger partial charge is 0.397 e. The molecule has 1 aromatic carbocycles. The third-order valence-electron chi connectivity index (χ3n) is 3.54. The van der Waals surface area contributed by atoms with Crippen LogP contribution < -0.4 is 11.1 Å². The van der Waals surface area contributed by atoms with E-state index in [1.54, 1.807) is 25.1 Å². The minimum Gasteiger partial charge on any atom is -0.397 e. The molecule has 98 valence electrons. The summed E-state index contributed by atoms with van der Waals surface area (Å²) in [7, 11) is 3.47. The van der Waals surface area contributed by atoms with Crippen LogP contribution in [0.3, 0.4) is 0 Å². The van der Waals surface area contributed by atoms with E-state index in [4.69, 9.17) is 5.73 Å². The van der Waals surface area contributed by atoms with Crippen LogP contribution in [0.1, 0.15) is 23.7 Å². The zero-order valence-corrected chi connectivity index (χ0v) is 11.2. The molecule has 18 heavy (non-hydrogen) atoms. The van der Waals surface area contributed by atoms with Crippen molar-refractivity contribution in [2.24, 2.45) is 11.8 Å². The van der Waals surface area contributed by atoms with Crippen molar-refractivity contribution in [3.63, 3.8) is 0 Å². The molecule has 0 bridgehead atoms. The highest BCUT2D eigenvalue weighted by atomic mass is 16.2. The highest BCUT2D eigenvalue weighted by Gasteiger charge is 2.31. The number of anilines is 2. The normalized spacial score (nSPS) is 21.5. The number of rotatable bonds is 4. The van der Waals surface area contributed by atoms with E-state index in [-0.39, 0.29) is 5.91 Å². The number of nitrogens with one attached hydrogen (secondary N) is 1. The number of hydrogen-bond donors (Lipinski definition) is 2. The van der Waals surface area contributed by atoms with Crippen molar-refractivity contribution in [3.05, 3.63) is 23.8 Å². The van der Waals surface area contributed by atoms with Gasteiger partial charge in [-0.1, -0.05) is 6.92 Å². The molecule has 0 aliphatic heterocycles. The molecule has 3 N–H and O–H groups in total. The highest BCUT2D eigenvalue weighted by molar-refractivity contribution is 5.95. The minimum atomic E-state index is -0.0240. The Morgan fingerprint density at radius 1 is 1.50 bits per heavy atom. The molecular weight excluding hydrogens is 226 g/mol. The smallest absolute Gasteiger partial charge is 0.253 e. The average molecular weight is 247 g/mol. The second-order valence-corrected chi connectivity index (χ2v) is 5.36. The summed E-state index contributed by atoms with van der Waals surface area (Å²) in [6.45, 7) is 3.22. The summed E-state index contributed by atoms with van der Waals surface area (Å²) in [4.78, 5) is 13.3. The first-order chi connectivity index (χ1) is 8.49. The molecule has 2 rings (SSSR count). The molecule has 1 fully saturated rings. The quantitative estimate of drug-likeness (QED) is 0.800. The van der Waals surface area contributed by atoms with Crippen LogP contribution in [-0.2, 0) is 0 Å². The molecule has 0 saturated heterocycles. The maximum absolute atomic E-state index is 11.8. The summed E-state index contributed by atoms with van der Waals surface area (Å²) in [6.07, 6.45) is 1.30. The zero-order chi connectivity index (χ0) is 13.3. The van der Waals surface area contributed by atoms with Gasteiger partial charge in [-0.15, -0.1) is 0 Å². The van der Waals surface area contributed by atoms with Gasteiger partial charge in [-0.05, 0) is 36.5 Å². The lowest BCUT2D eigenvalue weighted by Crippen LogP contribution is -2.21. The van der Waals surface area contributed by atoms with Gasteiger partial charge in [0.2, 0.25) is 0 Å². The monoisotopic (exact) mass is 247 g/mol. The van der Waals surface area contributed by atoms with Crippen LogP contribution in [0.2, 0.25) is 0 Å². The van der Waals surface area contributed by atoms with Crippen molar-refractivity contribution in [1.29, 1.82) is 0 Å². The molecule has 0 radical (unpaired) electrons. The Hall–Kier alpha value is -1.71. The number of hydrogen-bond acceptors (Lipinski definition) is 3. The Morgan fingerprint density at radius 2 is 2.17 bits per heavy atom. The van der Waals surface area contributed by atoms with Crippen LogP contribution in [0.5, 0.6) is 0 Å². The van der Waals surface area contributed by atoms with Crippen molar-refractivity contribution >= 4 is 17.3 Å². The standard InChI is InChI=1S/C14H21N3O/c1-9-6-11(9)8-16-13-5-4-10(7-12(13)15)14(18)17(2)3/h4-5,7,9,11,16H,6,8,15H2,1-3H3. The number of nitrogens with zero attached hydrogens (tertiary/aromatic N) is 1. The van der Waals surface area contributed by atoms with Crippen LogP contribution in [0, 0.1) is 11.8 Å². The fourth-order valence-corrected chi connectivity index (χ4v) is 2.04. The van der Waals surface area contributed by atoms with Crippen LogP contribution in [-0.4, -0.2) is 31.4 Å². The van der Waals surface area contributed by atoms with E-state index in [0.717, 1.165) is 24.1 Å². The first-order valence-electron chi connectivity index (χ1n) is 6.34. The molecule has 0 aromatic heterocycles. The molecule has 1 saturated carbocycles. The van der Waals surface area contributed by atoms with E-state index >= 15 is 0 Å². The third kappa shape index (κ3) is 2.75. The van der Waals surface area contributed by atoms with Crippen molar-refractivity contribution in [1.82, 2.24) is 4.90 Å². The Labute approximate surface area is 108 Å². The van der Waals surface area contributed by atoms with E-state index in [0.29, 0.717) is 11.3 Å². The molecule has 4 nitrogen and oxygen atoms in total. The molecule has 2 unspecified atom stereocenters. The number of benzene rings is 1. The van der Waals surface area contributed by atoms with Gasteiger partial charge < -0.3 is 16.0 Å². The lowest BCUT2D eigenvalue weighted by molar-refractivity contribution is 0.0827. The van der Waals surface area contributed by atoms with E-state index in [1.807, 2.05) is 12.1 Å². The van der Waals surface area contributed by atoms with Gasteiger partial charge >= 0.3 is 0 Å². The van der Waals surface area contributed by atoms with Crippen LogP contribution in [0.25, 0.3) is 0 Å². The van der Waals surface area contributed by atoms with Crippen molar-refractivity contribution < 1.29 is 4.79 Å². The number of carbonyl (C=O) groups is 1. The Morgan fingerprint density at radius 3 is 2.67 bits per heavy atom.